The van der Waals surface area contributed by atoms with Crippen molar-refractivity contribution >= 4 is 5.95 Å². The van der Waals surface area contributed by atoms with E-state index in [1.165, 1.54) is 12.1 Å². The molecule has 6 heteroatoms. The number of anilines is 1. The van der Waals surface area contributed by atoms with E-state index >= 15 is 0 Å². The normalized spacial score (nSPS) is 15.5. The fraction of sp³-hybridized carbons (Fsp3) is 0.263. The first-order chi connectivity index (χ1) is 12.2. The molecule has 3 heterocycles. The predicted octanol–water partition coefficient (Wildman–Crippen LogP) is 3.03. The number of nitrogens with one attached hydrogen (secondary N) is 1. The van der Waals surface area contributed by atoms with Crippen LogP contribution in [0.25, 0.3) is 22.5 Å². The summed E-state index contributed by atoms with van der Waals surface area (Å²) in [5.41, 5.74) is 3.68. The summed E-state index contributed by atoms with van der Waals surface area (Å²) in [6.45, 7) is 3.89. The zero-order chi connectivity index (χ0) is 17.2. The smallest absolute Gasteiger partial charge is 0.203 e. The monoisotopic (exact) mass is 337 g/mol. The van der Waals surface area contributed by atoms with Gasteiger partial charge >= 0.3 is 0 Å². The largest absolute Gasteiger partial charge is 0.340 e. The van der Waals surface area contributed by atoms with E-state index in [9.17, 15) is 4.39 Å². The summed E-state index contributed by atoms with van der Waals surface area (Å²) in [5.74, 6) is 0.614. The lowest BCUT2D eigenvalue weighted by Crippen LogP contribution is -2.44. The Morgan fingerprint density at radius 3 is 2.28 bits per heavy atom. The lowest BCUT2D eigenvalue weighted by molar-refractivity contribution is 0.311. The van der Waals surface area contributed by atoms with E-state index in [-0.39, 0.29) is 5.82 Å². The molecule has 1 N–H and O–H groups in total. The van der Waals surface area contributed by atoms with Crippen molar-refractivity contribution in [2.45, 2.75) is 0 Å². The Hall–Kier alpha value is -2.73. The maximum Gasteiger partial charge on any atom is 0.203 e. The summed E-state index contributed by atoms with van der Waals surface area (Å²) in [4.78, 5) is 17.0. The number of halogens is 1. The number of pyridine rings is 1. The summed E-state index contributed by atoms with van der Waals surface area (Å²) in [6.07, 6.45) is 3.53. The molecule has 1 aromatic carbocycles. The highest BCUT2D eigenvalue weighted by molar-refractivity contribution is 5.79. The van der Waals surface area contributed by atoms with Crippen molar-refractivity contribution in [2.24, 2.45) is 0 Å². The number of nitrogens with zero attached hydrogens (tertiary/aromatic N) is 4. The fourth-order valence-corrected chi connectivity index (χ4v) is 3.07. The zero-order valence-electron chi connectivity index (χ0n) is 14.1. The van der Waals surface area contributed by atoms with Crippen LogP contribution in [-0.4, -0.2) is 53.1 Å². The fourth-order valence-electron chi connectivity index (χ4n) is 3.07. The average Bonchev–Trinajstić information content (AvgIpc) is 3.09. The van der Waals surface area contributed by atoms with Gasteiger partial charge in [-0.15, -0.1) is 0 Å². The SMILES string of the molecule is CN1CCN(c2nc(-c3ccc(F)cc3)c(-c3ccncc3)[nH]2)CC1. The molecule has 4 rings (SSSR count). The van der Waals surface area contributed by atoms with E-state index in [0.29, 0.717) is 0 Å². The minimum absolute atomic E-state index is 0.246. The first kappa shape index (κ1) is 15.8. The van der Waals surface area contributed by atoms with Crippen LogP contribution in [0, 0.1) is 5.82 Å². The number of benzene rings is 1. The quantitative estimate of drug-likeness (QED) is 0.798. The molecule has 2 aromatic heterocycles. The second-order valence-electron chi connectivity index (χ2n) is 6.32. The molecule has 3 aromatic rings. The Balaban J connectivity index is 1.77. The van der Waals surface area contributed by atoms with Crippen LogP contribution in [0.3, 0.4) is 0 Å². The van der Waals surface area contributed by atoms with E-state index in [4.69, 9.17) is 4.98 Å². The van der Waals surface area contributed by atoms with Crippen molar-refractivity contribution in [3.05, 3.63) is 54.6 Å². The summed E-state index contributed by atoms with van der Waals surface area (Å²) in [7, 11) is 2.13. The summed E-state index contributed by atoms with van der Waals surface area (Å²) in [5, 5.41) is 0. The Morgan fingerprint density at radius 1 is 0.920 bits per heavy atom. The first-order valence-electron chi connectivity index (χ1n) is 8.40. The molecule has 0 bridgehead atoms. The van der Waals surface area contributed by atoms with Crippen molar-refractivity contribution in [2.75, 3.05) is 38.1 Å². The second kappa shape index (κ2) is 6.64. The van der Waals surface area contributed by atoms with Gasteiger partial charge in [-0.05, 0) is 43.4 Å². The number of imidazole rings is 1. The Bertz CT molecular complexity index is 836. The van der Waals surface area contributed by atoms with Crippen molar-refractivity contribution in [3.63, 3.8) is 0 Å². The third-order valence-electron chi connectivity index (χ3n) is 4.58. The average molecular weight is 337 g/mol. The maximum atomic E-state index is 13.3. The molecule has 0 saturated carbocycles. The minimum atomic E-state index is -0.246. The van der Waals surface area contributed by atoms with Crippen LogP contribution in [0.15, 0.2) is 48.8 Å². The molecule has 1 saturated heterocycles. The number of H-pyrrole nitrogens is 1. The molecule has 0 radical (unpaired) electrons. The number of hydrogen-bond acceptors (Lipinski definition) is 4. The first-order valence-corrected chi connectivity index (χ1v) is 8.40. The van der Waals surface area contributed by atoms with Gasteiger partial charge in [0.2, 0.25) is 5.95 Å². The number of aromatic nitrogens is 3. The highest BCUT2D eigenvalue weighted by Crippen LogP contribution is 2.32. The molecule has 0 aliphatic carbocycles. The van der Waals surface area contributed by atoms with E-state index in [1.807, 2.05) is 12.1 Å². The number of aromatic amines is 1. The van der Waals surface area contributed by atoms with E-state index < -0.39 is 0 Å². The second-order valence-corrected chi connectivity index (χ2v) is 6.32. The summed E-state index contributed by atoms with van der Waals surface area (Å²) >= 11 is 0. The Morgan fingerprint density at radius 2 is 1.60 bits per heavy atom. The number of likely N-dealkylation sites (N-methyl/N-ethyl adjacent to an activating group) is 1. The van der Waals surface area contributed by atoms with Crippen molar-refractivity contribution in [1.29, 1.82) is 0 Å². The predicted molar refractivity (Wildman–Crippen MR) is 96.9 cm³/mol. The minimum Gasteiger partial charge on any atom is -0.340 e. The van der Waals surface area contributed by atoms with Gasteiger partial charge in [0.05, 0.1) is 11.4 Å². The number of hydrogen-bond donors (Lipinski definition) is 1. The van der Waals surface area contributed by atoms with E-state index in [0.717, 1.165) is 54.6 Å². The van der Waals surface area contributed by atoms with Crippen LogP contribution in [0.4, 0.5) is 10.3 Å². The maximum absolute atomic E-state index is 13.3. The molecule has 0 amide bonds. The highest BCUT2D eigenvalue weighted by Gasteiger charge is 2.20. The zero-order valence-corrected chi connectivity index (χ0v) is 14.1. The van der Waals surface area contributed by atoms with E-state index in [1.54, 1.807) is 24.5 Å². The Labute approximate surface area is 146 Å². The standard InChI is InChI=1S/C19H20FN5/c1-24-10-12-25(13-11-24)19-22-17(14-2-4-16(20)5-3-14)18(23-19)15-6-8-21-9-7-15/h2-9H,10-13H2,1H3,(H,22,23). The van der Waals surface area contributed by atoms with E-state index in [2.05, 4.69) is 26.8 Å². The number of piperazine rings is 1. The van der Waals surface area contributed by atoms with Gasteiger partial charge in [-0.1, -0.05) is 0 Å². The molecular formula is C19H20FN5. The molecule has 0 atom stereocenters. The Kier molecular flexibility index (Phi) is 4.19. The molecule has 128 valence electrons. The van der Waals surface area contributed by atoms with Crippen LogP contribution >= 0.6 is 0 Å². The number of rotatable bonds is 3. The molecule has 1 aliphatic heterocycles. The van der Waals surface area contributed by atoms with Crippen molar-refractivity contribution in [1.82, 2.24) is 19.9 Å². The lowest BCUT2D eigenvalue weighted by Gasteiger charge is -2.32. The molecule has 1 fully saturated rings. The lowest BCUT2D eigenvalue weighted by atomic mass is 10.1. The van der Waals surface area contributed by atoms with Crippen LogP contribution in [0.1, 0.15) is 0 Å². The third-order valence-corrected chi connectivity index (χ3v) is 4.58. The molecule has 5 nitrogen and oxygen atoms in total. The van der Waals surface area contributed by atoms with Crippen LogP contribution in [0.5, 0.6) is 0 Å². The highest BCUT2D eigenvalue weighted by atomic mass is 19.1. The van der Waals surface area contributed by atoms with Gasteiger partial charge in [0.15, 0.2) is 0 Å². The third kappa shape index (κ3) is 3.25. The van der Waals surface area contributed by atoms with Crippen molar-refractivity contribution in [3.8, 4) is 22.5 Å². The van der Waals surface area contributed by atoms with Gasteiger partial charge in [0.25, 0.3) is 0 Å². The molecular weight excluding hydrogens is 317 g/mol. The molecule has 0 spiro atoms. The van der Waals surface area contributed by atoms with Gasteiger partial charge in [0, 0.05) is 49.7 Å². The van der Waals surface area contributed by atoms with Gasteiger partial charge in [-0.3, -0.25) is 4.98 Å². The van der Waals surface area contributed by atoms with Gasteiger partial charge in [-0.25, -0.2) is 9.37 Å². The van der Waals surface area contributed by atoms with Crippen LogP contribution in [-0.2, 0) is 0 Å². The van der Waals surface area contributed by atoms with Crippen molar-refractivity contribution < 1.29 is 4.39 Å². The van der Waals surface area contributed by atoms with Gasteiger partial charge in [0.1, 0.15) is 5.82 Å². The van der Waals surface area contributed by atoms with Crippen LogP contribution < -0.4 is 4.90 Å². The van der Waals surface area contributed by atoms with Gasteiger partial charge in [-0.2, -0.15) is 0 Å². The summed E-state index contributed by atoms with van der Waals surface area (Å²) < 4.78 is 13.3. The molecule has 1 aliphatic rings. The van der Waals surface area contributed by atoms with Crippen LogP contribution in [0.2, 0.25) is 0 Å². The molecule has 25 heavy (non-hydrogen) atoms. The topological polar surface area (TPSA) is 48.1 Å². The van der Waals surface area contributed by atoms with Gasteiger partial charge < -0.3 is 14.8 Å². The molecule has 0 unspecified atom stereocenters. The summed E-state index contributed by atoms with van der Waals surface area (Å²) in [6, 6.07) is 10.4.